The van der Waals surface area contributed by atoms with Gasteiger partial charge in [0.2, 0.25) is 11.0 Å². The first kappa shape index (κ1) is 18.3. The number of nitrogens with one attached hydrogen (secondary N) is 2. The second-order valence-corrected chi connectivity index (χ2v) is 9.01. The molecule has 6 nitrogen and oxygen atoms in total. The fourth-order valence-electron chi connectivity index (χ4n) is 2.94. The van der Waals surface area contributed by atoms with Crippen molar-refractivity contribution in [1.29, 1.82) is 0 Å². The Balaban J connectivity index is 1.47. The summed E-state index contributed by atoms with van der Waals surface area (Å²) in [5.74, 6) is 1.50. The predicted octanol–water partition coefficient (Wildman–Crippen LogP) is 3.92. The average molecular weight is 381 g/mol. The molecular formula is C17H24N4O2S2. The Bertz CT molecular complexity index is 674. The van der Waals surface area contributed by atoms with E-state index in [0.717, 1.165) is 21.7 Å². The van der Waals surface area contributed by atoms with Gasteiger partial charge in [-0.3, -0.25) is 4.79 Å². The molecule has 3 atom stereocenters. The molecule has 2 heterocycles. The molecular weight excluding hydrogens is 356 g/mol. The van der Waals surface area contributed by atoms with E-state index < -0.39 is 0 Å². The summed E-state index contributed by atoms with van der Waals surface area (Å²) in [6.45, 7) is 4.72. The summed E-state index contributed by atoms with van der Waals surface area (Å²) in [5.41, 5.74) is 0. The zero-order valence-corrected chi connectivity index (χ0v) is 16.2. The van der Waals surface area contributed by atoms with E-state index in [1.807, 2.05) is 19.1 Å². The molecule has 8 heteroatoms. The van der Waals surface area contributed by atoms with Crippen LogP contribution in [0.1, 0.15) is 45.3 Å². The van der Waals surface area contributed by atoms with Crippen molar-refractivity contribution >= 4 is 34.1 Å². The maximum Gasteiger partial charge on any atom is 0.233 e. The zero-order valence-electron chi connectivity index (χ0n) is 14.5. The molecule has 1 saturated carbocycles. The lowest BCUT2D eigenvalue weighted by Crippen LogP contribution is -2.44. The van der Waals surface area contributed by atoms with Gasteiger partial charge < -0.3 is 15.1 Å². The molecule has 0 aromatic carbocycles. The lowest BCUT2D eigenvalue weighted by atomic mass is 9.86. The molecule has 0 spiro atoms. The van der Waals surface area contributed by atoms with Gasteiger partial charge in [0, 0.05) is 6.04 Å². The van der Waals surface area contributed by atoms with Crippen LogP contribution in [0.4, 0.5) is 5.13 Å². The van der Waals surface area contributed by atoms with Gasteiger partial charge in [-0.05, 0) is 37.8 Å². The molecule has 0 unspecified atom stereocenters. The number of furan rings is 1. The molecule has 0 bridgehead atoms. The Morgan fingerprint density at radius 3 is 3.04 bits per heavy atom. The Morgan fingerprint density at radius 1 is 1.44 bits per heavy atom. The SMILES string of the molecule is C[C@@H](Sc1nnc(NCc2ccco2)s1)C(=O)N[C@@H]1CCCC[C@@H]1C. The fourth-order valence-corrected chi connectivity index (χ4v) is 4.84. The standard InChI is InChI=1S/C17H24N4O2S2/c1-11-6-3-4-8-14(11)19-15(22)12(2)24-17-21-20-16(25-17)18-10-13-7-5-9-23-13/h5,7,9,11-12,14H,3-4,6,8,10H2,1-2H3,(H,18,20)(H,19,22)/t11-,12+,14+/m0/s1. The number of rotatable bonds is 7. The average Bonchev–Trinajstić information content (AvgIpc) is 3.26. The van der Waals surface area contributed by atoms with Crippen LogP contribution < -0.4 is 10.6 Å². The van der Waals surface area contributed by atoms with Gasteiger partial charge in [-0.1, -0.05) is 42.9 Å². The summed E-state index contributed by atoms with van der Waals surface area (Å²) >= 11 is 2.91. The van der Waals surface area contributed by atoms with Crippen LogP contribution in [0.15, 0.2) is 27.2 Å². The summed E-state index contributed by atoms with van der Waals surface area (Å²) in [6, 6.07) is 4.07. The van der Waals surface area contributed by atoms with Crippen LogP contribution in [0.2, 0.25) is 0 Å². The van der Waals surface area contributed by atoms with E-state index in [1.165, 1.54) is 42.4 Å². The predicted molar refractivity (Wildman–Crippen MR) is 101 cm³/mol. The highest BCUT2D eigenvalue weighted by Crippen LogP contribution is 2.30. The molecule has 0 saturated heterocycles. The first-order chi connectivity index (χ1) is 12.1. The van der Waals surface area contributed by atoms with E-state index in [-0.39, 0.29) is 11.2 Å². The van der Waals surface area contributed by atoms with E-state index in [9.17, 15) is 4.79 Å². The van der Waals surface area contributed by atoms with Gasteiger partial charge >= 0.3 is 0 Å². The summed E-state index contributed by atoms with van der Waals surface area (Å²) in [4.78, 5) is 12.4. The second kappa shape index (κ2) is 8.71. The monoisotopic (exact) mass is 380 g/mol. The molecule has 1 aliphatic carbocycles. The number of carbonyl (C=O) groups is 1. The third kappa shape index (κ3) is 5.22. The summed E-state index contributed by atoms with van der Waals surface area (Å²) in [7, 11) is 0. The highest BCUT2D eigenvalue weighted by molar-refractivity contribution is 8.02. The van der Waals surface area contributed by atoms with Crippen LogP contribution in [0.5, 0.6) is 0 Å². The lowest BCUT2D eigenvalue weighted by molar-refractivity contribution is -0.121. The first-order valence-electron chi connectivity index (χ1n) is 8.68. The molecule has 1 fully saturated rings. The Hall–Kier alpha value is -1.54. The summed E-state index contributed by atoms with van der Waals surface area (Å²) in [6.07, 6.45) is 6.41. The van der Waals surface area contributed by atoms with E-state index in [0.29, 0.717) is 18.5 Å². The van der Waals surface area contributed by atoms with Gasteiger partial charge in [0.15, 0.2) is 4.34 Å². The van der Waals surface area contributed by atoms with Gasteiger partial charge in [-0.15, -0.1) is 10.2 Å². The smallest absolute Gasteiger partial charge is 0.233 e. The number of aromatic nitrogens is 2. The fraction of sp³-hybridized carbons (Fsp3) is 0.588. The molecule has 1 aliphatic rings. The number of carbonyl (C=O) groups excluding carboxylic acids is 1. The molecule has 0 radical (unpaired) electrons. The van der Waals surface area contributed by atoms with Crippen LogP contribution in [0.3, 0.4) is 0 Å². The highest BCUT2D eigenvalue weighted by Gasteiger charge is 2.25. The van der Waals surface area contributed by atoms with Crippen molar-refractivity contribution in [2.24, 2.45) is 5.92 Å². The number of amides is 1. The summed E-state index contributed by atoms with van der Waals surface area (Å²) in [5, 5.41) is 15.2. The quantitative estimate of drug-likeness (QED) is 0.709. The number of anilines is 1. The van der Waals surface area contributed by atoms with Crippen LogP contribution in [0.25, 0.3) is 0 Å². The third-order valence-electron chi connectivity index (χ3n) is 4.49. The van der Waals surface area contributed by atoms with Gasteiger partial charge in [-0.2, -0.15) is 0 Å². The first-order valence-corrected chi connectivity index (χ1v) is 10.4. The van der Waals surface area contributed by atoms with Crippen molar-refractivity contribution in [3.63, 3.8) is 0 Å². The molecule has 136 valence electrons. The molecule has 2 aromatic heterocycles. The van der Waals surface area contributed by atoms with E-state index >= 15 is 0 Å². The third-order valence-corrected chi connectivity index (χ3v) is 6.55. The minimum atomic E-state index is -0.181. The molecule has 0 aliphatic heterocycles. The highest BCUT2D eigenvalue weighted by atomic mass is 32.2. The zero-order chi connectivity index (χ0) is 17.6. The minimum Gasteiger partial charge on any atom is -0.467 e. The van der Waals surface area contributed by atoms with Gasteiger partial charge in [0.1, 0.15) is 5.76 Å². The van der Waals surface area contributed by atoms with E-state index in [2.05, 4.69) is 27.8 Å². The van der Waals surface area contributed by atoms with Crippen LogP contribution >= 0.6 is 23.1 Å². The largest absolute Gasteiger partial charge is 0.467 e. The van der Waals surface area contributed by atoms with Crippen LogP contribution in [0, 0.1) is 5.92 Å². The Kier molecular flexibility index (Phi) is 6.36. The molecule has 2 aromatic rings. The van der Waals surface area contributed by atoms with Crippen LogP contribution in [-0.4, -0.2) is 27.4 Å². The molecule has 1 amide bonds. The second-order valence-electron chi connectivity index (χ2n) is 6.44. The van der Waals surface area contributed by atoms with Crippen LogP contribution in [-0.2, 0) is 11.3 Å². The van der Waals surface area contributed by atoms with Gasteiger partial charge in [0.25, 0.3) is 0 Å². The number of thioether (sulfide) groups is 1. The number of hydrogen-bond donors (Lipinski definition) is 2. The number of nitrogens with zero attached hydrogens (tertiary/aromatic N) is 2. The number of hydrogen-bond acceptors (Lipinski definition) is 7. The van der Waals surface area contributed by atoms with Crippen molar-refractivity contribution in [2.45, 2.75) is 61.7 Å². The Labute approximate surface area is 156 Å². The van der Waals surface area contributed by atoms with Crippen molar-refractivity contribution in [3.05, 3.63) is 24.2 Å². The van der Waals surface area contributed by atoms with E-state index in [1.54, 1.807) is 6.26 Å². The van der Waals surface area contributed by atoms with Gasteiger partial charge in [0.05, 0.1) is 18.1 Å². The maximum atomic E-state index is 12.4. The van der Waals surface area contributed by atoms with Crippen molar-refractivity contribution in [2.75, 3.05) is 5.32 Å². The normalized spacial score (nSPS) is 21.7. The maximum absolute atomic E-state index is 12.4. The molecule has 25 heavy (non-hydrogen) atoms. The van der Waals surface area contributed by atoms with Crippen molar-refractivity contribution in [3.8, 4) is 0 Å². The van der Waals surface area contributed by atoms with Crippen molar-refractivity contribution < 1.29 is 9.21 Å². The van der Waals surface area contributed by atoms with E-state index in [4.69, 9.17) is 4.42 Å². The lowest BCUT2D eigenvalue weighted by Gasteiger charge is -2.30. The Morgan fingerprint density at radius 2 is 2.28 bits per heavy atom. The molecule has 2 N–H and O–H groups in total. The molecule has 3 rings (SSSR count). The summed E-state index contributed by atoms with van der Waals surface area (Å²) < 4.78 is 6.07. The topological polar surface area (TPSA) is 80.1 Å². The van der Waals surface area contributed by atoms with Gasteiger partial charge in [-0.25, -0.2) is 0 Å². The van der Waals surface area contributed by atoms with Crippen molar-refractivity contribution in [1.82, 2.24) is 15.5 Å². The minimum absolute atomic E-state index is 0.0871.